The summed E-state index contributed by atoms with van der Waals surface area (Å²) >= 11 is 0. The minimum absolute atomic E-state index is 0.155. The molecule has 0 saturated heterocycles. The maximum absolute atomic E-state index is 2.60. The van der Waals surface area contributed by atoms with Crippen molar-refractivity contribution in [2.45, 2.75) is 31.1 Å². The van der Waals surface area contributed by atoms with Crippen molar-refractivity contribution >= 4 is 57.2 Å². The molecule has 0 aromatic heterocycles. The molecule has 5 aliphatic rings. The Morgan fingerprint density at radius 3 is 1.87 bits per heavy atom. The summed E-state index contributed by atoms with van der Waals surface area (Å²) in [6.07, 6.45) is 5.44. The molecule has 46 heavy (non-hydrogen) atoms. The minimum atomic E-state index is 0.155. The van der Waals surface area contributed by atoms with E-state index in [1.165, 1.54) is 87.3 Å². The third-order valence-corrected chi connectivity index (χ3v) is 12.1. The van der Waals surface area contributed by atoms with Gasteiger partial charge in [0.1, 0.15) is 0 Å². The lowest BCUT2D eigenvalue weighted by Crippen LogP contribution is -2.61. The third-order valence-electron chi connectivity index (χ3n) is 12.1. The first kappa shape index (κ1) is 25.2. The molecule has 2 heterocycles. The van der Waals surface area contributed by atoms with Gasteiger partial charge in [-0.2, -0.15) is 0 Å². The highest BCUT2D eigenvalue weighted by atomic mass is 15.2. The van der Waals surface area contributed by atoms with Crippen molar-refractivity contribution in [2.75, 3.05) is 9.80 Å². The van der Waals surface area contributed by atoms with Crippen LogP contribution in [-0.4, -0.2) is 6.71 Å². The van der Waals surface area contributed by atoms with Crippen molar-refractivity contribution in [3.63, 3.8) is 0 Å². The molecule has 0 unspecified atom stereocenters. The Labute approximate surface area is 271 Å². The van der Waals surface area contributed by atoms with Gasteiger partial charge in [0.2, 0.25) is 0 Å². The maximum atomic E-state index is 2.60. The van der Waals surface area contributed by atoms with Crippen LogP contribution in [0.15, 0.2) is 140 Å². The van der Waals surface area contributed by atoms with Gasteiger partial charge >= 0.3 is 0 Å². The van der Waals surface area contributed by atoms with Crippen molar-refractivity contribution < 1.29 is 0 Å². The number of para-hydroxylation sites is 3. The number of fused-ring (bicyclic) bond motifs is 12. The summed E-state index contributed by atoms with van der Waals surface area (Å²) in [5.41, 5.74) is 17.9. The fraction of sp³-hybridized carbons (Fsp3) is 0.163. The van der Waals surface area contributed by atoms with Crippen LogP contribution in [0.2, 0.25) is 0 Å². The largest absolute Gasteiger partial charge is 0.311 e. The Morgan fingerprint density at radius 2 is 1.15 bits per heavy atom. The van der Waals surface area contributed by atoms with Gasteiger partial charge in [0, 0.05) is 39.5 Å². The second-order valence-electron chi connectivity index (χ2n) is 14.1. The van der Waals surface area contributed by atoms with E-state index < -0.39 is 0 Å². The second kappa shape index (κ2) is 9.04. The predicted octanol–water partition coefficient (Wildman–Crippen LogP) is 8.86. The number of anilines is 6. The molecule has 2 saturated carbocycles. The topological polar surface area (TPSA) is 6.48 Å². The summed E-state index contributed by atoms with van der Waals surface area (Å²) in [6, 6.07) is 52.7. The molecule has 2 aliphatic heterocycles. The highest BCUT2D eigenvalue weighted by molar-refractivity contribution is 7.00. The number of nitrogens with zero attached hydrogens (tertiary/aromatic N) is 2. The van der Waals surface area contributed by atoms with Gasteiger partial charge in [0.15, 0.2) is 0 Å². The number of benzene rings is 6. The summed E-state index contributed by atoms with van der Waals surface area (Å²) in [6.45, 7) is 0.172. The molecule has 11 rings (SSSR count). The molecule has 3 heteroatoms. The van der Waals surface area contributed by atoms with Crippen LogP contribution in [0, 0.1) is 11.8 Å². The molecule has 1 spiro atoms. The quantitative estimate of drug-likeness (QED) is 0.186. The van der Waals surface area contributed by atoms with Crippen LogP contribution in [0.5, 0.6) is 0 Å². The van der Waals surface area contributed by atoms with Gasteiger partial charge in [-0.1, -0.05) is 97.4 Å². The van der Waals surface area contributed by atoms with Crippen LogP contribution in [0.3, 0.4) is 0 Å². The third kappa shape index (κ3) is 3.09. The summed E-state index contributed by atoms with van der Waals surface area (Å²) in [4.78, 5) is 5.05. The standard InChI is InChI=1S/C43H33BN2/c1-2-11-30(12-3-1)45-38-17-8-6-15-36(38)44-37-16-7-9-18-39(37)46(41-20-10-19-40(45)42(41)44)31-23-24-33-32-13-4-5-14-34(32)43(35(33)26-31)27-28-21-22-29(43)25-28/h1-20,23-24,26,28-29H,21-22,25,27H2/t28-,29+,43-/m0/s1. The van der Waals surface area contributed by atoms with Gasteiger partial charge in [-0.05, 0) is 118 Å². The molecule has 0 amide bonds. The van der Waals surface area contributed by atoms with Gasteiger partial charge < -0.3 is 9.80 Å². The van der Waals surface area contributed by atoms with E-state index in [1.54, 1.807) is 11.1 Å². The van der Waals surface area contributed by atoms with E-state index >= 15 is 0 Å². The first-order chi connectivity index (χ1) is 22.8. The Kier molecular flexibility index (Phi) is 4.95. The first-order valence-corrected chi connectivity index (χ1v) is 17.0. The van der Waals surface area contributed by atoms with Crippen LogP contribution in [0.25, 0.3) is 11.1 Å². The zero-order valence-corrected chi connectivity index (χ0v) is 25.7. The minimum Gasteiger partial charge on any atom is -0.311 e. The molecule has 2 bridgehead atoms. The Bertz CT molecular complexity index is 2220. The van der Waals surface area contributed by atoms with Crippen LogP contribution >= 0.6 is 0 Å². The Morgan fingerprint density at radius 1 is 0.522 bits per heavy atom. The molecule has 3 atom stereocenters. The average Bonchev–Trinajstić information content (AvgIpc) is 3.81. The number of hydrogen-bond donors (Lipinski definition) is 0. The molecule has 218 valence electrons. The van der Waals surface area contributed by atoms with Gasteiger partial charge in [-0.25, -0.2) is 0 Å². The molecule has 0 radical (unpaired) electrons. The molecular formula is C43H33BN2. The Hall–Kier alpha value is -5.02. The molecule has 6 aromatic carbocycles. The van der Waals surface area contributed by atoms with Crippen LogP contribution < -0.4 is 26.2 Å². The van der Waals surface area contributed by atoms with Gasteiger partial charge in [-0.3, -0.25) is 0 Å². The second-order valence-corrected chi connectivity index (χ2v) is 14.1. The lowest BCUT2D eigenvalue weighted by atomic mass is 9.33. The van der Waals surface area contributed by atoms with E-state index in [2.05, 4.69) is 149 Å². The zero-order chi connectivity index (χ0) is 30.0. The van der Waals surface area contributed by atoms with Crippen molar-refractivity contribution in [2.24, 2.45) is 11.8 Å². The van der Waals surface area contributed by atoms with Gasteiger partial charge in [-0.15, -0.1) is 0 Å². The molecule has 2 nitrogen and oxygen atoms in total. The average molecular weight is 589 g/mol. The monoisotopic (exact) mass is 588 g/mol. The molecular weight excluding hydrogens is 555 g/mol. The maximum Gasteiger partial charge on any atom is 0.252 e. The van der Waals surface area contributed by atoms with E-state index in [4.69, 9.17) is 0 Å². The van der Waals surface area contributed by atoms with E-state index in [1.807, 2.05) is 0 Å². The summed E-state index contributed by atoms with van der Waals surface area (Å²) in [5.74, 6) is 1.60. The summed E-state index contributed by atoms with van der Waals surface area (Å²) in [5, 5.41) is 0. The fourth-order valence-electron chi connectivity index (χ4n) is 10.5. The number of hydrogen-bond acceptors (Lipinski definition) is 2. The predicted molar refractivity (Wildman–Crippen MR) is 192 cm³/mol. The summed E-state index contributed by atoms with van der Waals surface area (Å²) < 4.78 is 0. The SMILES string of the molecule is c1ccc(N2c3ccccc3B3c4ccccc4N(c4ccc5c(c4)[C@]4(C[C@H]6CC[C@@H]4C6)c4ccccc4-5)c4cccc2c43)cc1. The van der Waals surface area contributed by atoms with Crippen molar-refractivity contribution in [3.8, 4) is 11.1 Å². The van der Waals surface area contributed by atoms with Crippen molar-refractivity contribution in [1.29, 1.82) is 0 Å². The first-order valence-electron chi connectivity index (χ1n) is 17.0. The lowest BCUT2D eigenvalue weighted by molar-refractivity contribution is 0.327. The highest BCUT2D eigenvalue weighted by Crippen LogP contribution is 2.66. The Balaban J connectivity index is 1.16. The summed E-state index contributed by atoms with van der Waals surface area (Å²) in [7, 11) is 0. The van der Waals surface area contributed by atoms with Crippen molar-refractivity contribution in [3.05, 3.63) is 151 Å². The molecule has 3 aliphatic carbocycles. The van der Waals surface area contributed by atoms with E-state index in [0.717, 1.165) is 11.8 Å². The van der Waals surface area contributed by atoms with Crippen molar-refractivity contribution in [1.82, 2.24) is 0 Å². The van der Waals surface area contributed by atoms with Gasteiger partial charge in [0.05, 0.1) is 0 Å². The van der Waals surface area contributed by atoms with E-state index in [0.29, 0.717) is 0 Å². The van der Waals surface area contributed by atoms with Crippen LogP contribution in [0.4, 0.5) is 34.1 Å². The number of rotatable bonds is 2. The van der Waals surface area contributed by atoms with Crippen LogP contribution in [0.1, 0.15) is 36.8 Å². The fourth-order valence-corrected chi connectivity index (χ4v) is 10.5. The van der Waals surface area contributed by atoms with E-state index in [-0.39, 0.29) is 12.1 Å². The molecule has 0 N–H and O–H groups in total. The van der Waals surface area contributed by atoms with Crippen LogP contribution in [-0.2, 0) is 5.41 Å². The molecule has 6 aromatic rings. The smallest absolute Gasteiger partial charge is 0.252 e. The highest BCUT2D eigenvalue weighted by Gasteiger charge is 2.57. The van der Waals surface area contributed by atoms with E-state index in [9.17, 15) is 0 Å². The lowest BCUT2D eigenvalue weighted by Gasteiger charge is -2.44. The molecule has 2 fully saturated rings. The normalized spacial score (nSPS) is 22.4. The zero-order valence-electron chi connectivity index (χ0n) is 25.7. The van der Waals surface area contributed by atoms with Gasteiger partial charge in [0.25, 0.3) is 6.71 Å².